The number of anilines is 1. The number of hydrogen-bond acceptors (Lipinski definition) is 3. The molecule has 2 aromatic rings. The van der Waals surface area contributed by atoms with Crippen LogP contribution in [0, 0.1) is 0 Å². The predicted octanol–water partition coefficient (Wildman–Crippen LogP) is 3.65. The van der Waals surface area contributed by atoms with Crippen molar-refractivity contribution in [2.45, 2.75) is 31.7 Å². The number of thiazole rings is 1. The maximum Gasteiger partial charge on any atom is 0.184 e. The average Bonchev–Trinajstić information content (AvgIpc) is 2.57. The van der Waals surface area contributed by atoms with Gasteiger partial charge in [0, 0.05) is 5.54 Å². The first-order valence-electron chi connectivity index (χ1n) is 5.39. The average molecular weight is 218 g/mol. The van der Waals surface area contributed by atoms with E-state index < -0.39 is 0 Å². The van der Waals surface area contributed by atoms with Gasteiger partial charge in [0.15, 0.2) is 5.13 Å². The van der Waals surface area contributed by atoms with Crippen LogP contribution in [0.3, 0.4) is 0 Å². The van der Waals surface area contributed by atoms with Gasteiger partial charge in [0.05, 0.1) is 10.2 Å². The Balaban J connectivity index is 1.91. The molecule has 0 bridgehead atoms. The first-order valence-corrected chi connectivity index (χ1v) is 6.21. The van der Waals surface area contributed by atoms with Crippen LogP contribution in [0.15, 0.2) is 24.3 Å². The number of hydrogen-bond donors (Lipinski definition) is 1. The van der Waals surface area contributed by atoms with E-state index in [9.17, 15) is 0 Å². The largest absolute Gasteiger partial charge is 0.356 e. The molecule has 0 unspecified atom stereocenters. The molecule has 0 atom stereocenters. The Morgan fingerprint density at radius 3 is 2.80 bits per heavy atom. The van der Waals surface area contributed by atoms with E-state index in [-0.39, 0.29) is 0 Å². The Labute approximate surface area is 93.3 Å². The molecular formula is C12H14N2S. The van der Waals surface area contributed by atoms with Crippen LogP contribution in [0.1, 0.15) is 26.2 Å². The van der Waals surface area contributed by atoms with Gasteiger partial charge in [0.2, 0.25) is 0 Å². The second-order valence-electron chi connectivity index (χ2n) is 4.53. The van der Waals surface area contributed by atoms with E-state index in [1.807, 2.05) is 6.07 Å². The predicted molar refractivity (Wildman–Crippen MR) is 65.5 cm³/mol. The van der Waals surface area contributed by atoms with Crippen LogP contribution in [0.2, 0.25) is 0 Å². The highest BCUT2D eigenvalue weighted by atomic mass is 32.1. The zero-order chi connectivity index (χ0) is 10.3. The van der Waals surface area contributed by atoms with Crippen LogP contribution in [-0.4, -0.2) is 10.5 Å². The zero-order valence-electron chi connectivity index (χ0n) is 8.79. The summed E-state index contributed by atoms with van der Waals surface area (Å²) in [6, 6.07) is 8.30. The highest BCUT2D eigenvalue weighted by Crippen LogP contribution is 2.36. The van der Waals surface area contributed by atoms with Gasteiger partial charge in [-0.2, -0.15) is 0 Å². The van der Waals surface area contributed by atoms with Gasteiger partial charge < -0.3 is 5.32 Å². The summed E-state index contributed by atoms with van der Waals surface area (Å²) in [7, 11) is 0. The Bertz CT molecular complexity index is 452. The van der Waals surface area contributed by atoms with Crippen molar-refractivity contribution in [1.29, 1.82) is 0 Å². The van der Waals surface area contributed by atoms with Gasteiger partial charge in [-0.05, 0) is 38.3 Å². The molecule has 1 aliphatic carbocycles. The van der Waals surface area contributed by atoms with Gasteiger partial charge in [0.25, 0.3) is 0 Å². The minimum Gasteiger partial charge on any atom is -0.356 e. The van der Waals surface area contributed by atoms with Gasteiger partial charge in [-0.25, -0.2) is 4.98 Å². The van der Waals surface area contributed by atoms with Crippen molar-refractivity contribution in [3.8, 4) is 0 Å². The molecule has 15 heavy (non-hydrogen) atoms. The van der Waals surface area contributed by atoms with Crippen molar-refractivity contribution in [2.24, 2.45) is 0 Å². The fourth-order valence-corrected chi connectivity index (χ4v) is 3.03. The van der Waals surface area contributed by atoms with Gasteiger partial charge in [-0.15, -0.1) is 0 Å². The molecule has 0 aliphatic heterocycles. The maximum absolute atomic E-state index is 4.59. The molecule has 1 fully saturated rings. The lowest BCUT2D eigenvalue weighted by Gasteiger charge is -2.39. The van der Waals surface area contributed by atoms with E-state index in [0.29, 0.717) is 5.54 Å². The number of benzene rings is 1. The lowest BCUT2D eigenvalue weighted by Crippen LogP contribution is -2.41. The molecule has 0 radical (unpaired) electrons. The third-order valence-corrected chi connectivity index (χ3v) is 4.11. The van der Waals surface area contributed by atoms with Crippen molar-refractivity contribution in [1.82, 2.24) is 4.98 Å². The van der Waals surface area contributed by atoms with Crippen molar-refractivity contribution in [3.63, 3.8) is 0 Å². The number of nitrogens with zero attached hydrogens (tertiary/aromatic N) is 1. The van der Waals surface area contributed by atoms with Gasteiger partial charge >= 0.3 is 0 Å². The van der Waals surface area contributed by atoms with Gasteiger partial charge in [0.1, 0.15) is 0 Å². The van der Waals surface area contributed by atoms with Crippen LogP contribution in [-0.2, 0) is 0 Å². The highest BCUT2D eigenvalue weighted by molar-refractivity contribution is 7.22. The summed E-state index contributed by atoms with van der Waals surface area (Å²) < 4.78 is 1.27. The van der Waals surface area contributed by atoms with Crippen molar-refractivity contribution >= 4 is 26.7 Å². The van der Waals surface area contributed by atoms with Crippen molar-refractivity contribution in [3.05, 3.63) is 24.3 Å². The molecule has 1 heterocycles. The highest BCUT2D eigenvalue weighted by Gasteiger charge is 2.32. The molecule has 0 amide bonds. The van der Waals surface area contributed by atoms with Crippen LogP contribution < -0.4 is 5.32 Å². The lowest BCUT2D eigenvalue weighted by atomic mass is 9.79. The number of rotatable bonds is 2. The molecule has 2 nitrogen and oxygen atoms in total. The normalized spacial score (nSPS) is 18.7. The van der Waals surface area contributed by atoms with E-state index in [2.05, 4.69) is 35.4 Å². The van der Waals surface area contributed by atoms with Crippen LogP contribution in [0.5, 0.6) is 0 Å². The molecule has 0 spiro atoms. The summed E-state index contributed by atoms with van der Waals surface area (Å²) >= 11 is 1.75. The maximum atomic E-state index is 4.59. The Morgan fingerprint density at radius 2 is 2.13 bits per heavy atom. The van der Waals surface area contributed by atoms with Gasteiger partial charge in [-0.1, -0.05) is 23.5 Å². The first kappa shape index (κ1) is 9.16. The molecule has 1 aromatic heterocycles. The van der Waals surface area contributed by atoms with Crippen LogP contribution >= 0.6 is 11.3 Å². The van der Waals surface area contributed by atoms with E-state index in [0.717, 1.165) is 10.6 Å². The second kappa shape index (κ2) is 3.20. The number of fused-ring (bicyclic) bond motifs is 1. The lowest BCUT2D eigenvalue weighted by molar-refractivity contribution is 0.306. The number of nitrogens with one attached hydrogen (secondary N) is 1. The number of aromatic nitrogens is 1. The summed E-state index contributed by atoms with van der Waals surface area (Å²) in [4.78, 5) is 4.59. The zero-order valence-corrected chi connectivity index (χ0v) is 9.60. The quantitative estimate of drug-likeness (QED) is 0.832. The van der Waals surface area contributed by atoms with Crippen molar-refractivity contribution < 1.29 is 0 Å². The molecule has 1 N–H and O–H groups in total. The Hall–Kier alpha value is -1.09. The molecule has 0 saturated heterocycles. The SMILES string of the molecule is CC1(Nc2nc3ccccc3s2)CCC1. The Morgan fingerprint density at radius 1 is 1.33 bits per heavy atom. The Kier molecular flexibility index (Phi) is 1.96. The van der Waals surface area contributed by atoms with E-state index in [4.69, 9.17) is 0 Å². The molecule has 3 heteroatoms. The molecular weight excluding hydrogens is 204 g/mol. The second-order valence-corrected chi connectivity index (χ2v) is 5.56. The molecule has 1 saturated carbocycles. The summed E-state index contributed by atoms with van der Waals surface area (Å²) in [6.45, 7) is 2.28. The smallest absolute Gasteiger partial charge is 0.184 e. The van der Waals surface area contributed by atoms with E-state index in [1.165, 1.54) is 24.0 Å². The summed E-state index contributed by atoms with van der Waals surface area (Å²) in [5.74, 6) is 0. The monoisotopic (exact) mass is 218 g/mol. The topological polar surface area (TPSA) is 24.9 Å². The molecule has 78 valence electrons. The molecule has 1 aromatic carbocycles. The minimum absolute atomic E-state index is 0.299. The van der Waals surface area contributed by atoms with Crippen molar-refractivity contribution in [2.75, 3.05) is 5.32 Å². The number of para-hydroxylation sites is 1. The summed E-state index contributed by atoms with van der Waals surface area (Å²) in [5.41, 5.74) is 1.40. The standard InChI is InChI=1S/C12H14N2S/c1-12(7-4-8-12)14-11-13-9-5-2-3-6-10(9)15-11/h2-3,5-6H,4,7-8H2,1H3,(H,13,14). The fourth-order valence-electron chi connectivity index (χ4n) is 2.02. The van der Waals surface area contributed by atoms with Gasteiger partial charge in [-0.3, -0.25) is 0 Å². The van der Waals surface area contributed by atoms with Crippen LogP contribution in [0.25, 0.3) is 10.2 Å². The van der Waals surface area contributed by atoms with Crippen LogP contribution in [0.4, 0.5) is 5.13 Å². The molecule has 1 aliphatic rings. The summed E-state index contributed by atoms with van der Waals surface area (Å²) in [6.07, 6.45) is 3.88. The third kappa shape index (κ3) is 1.61. The molecule has 3 rings (SSSR count). The fraction of sp³-hybridized carbons (Fsp3) is 0.417. The van der Waals surface area contributed by atoms with E-state index in [1.54, 1.807) is 11.3 Å². The minimum atomic E-state index is 0.299. The summed E-state index contributed by atoms with van der Waals surface area (Å²) in [5, 5.41) is 4.62. The van der Waals surface area contributed by atoms with E-state index >= 15 is 0 Å². The first-order chi connectivity index (χ1) is 7.25. The third-order valence-electron chi connectivity index (χ3n) is 3.16.